The van der Waals surface area contributed by atoms with Crippen LogP contribution in [0.25, 0.3) is 0 Å². The summed E-state index contributed by atoms with van der Waals surface area (Å²) in [5.41, 5.74) is 1.16. The van der Waals surface area contributed by atoms with E-state index in [2.05, 4.69) is 0 Å². The maximum atomic E-state index is 14.1. The number of hydrogen-bond donors (Lipinski definition) is 0. The summed E-state index contributed by atoms with van der Waals surface area (Å²) in [5.74, 6) is -2.44. The summed E-state index contributed by atoms with van der Waals surface area (Å²) in [6, 6.07) is 8.74. The molecule has 0 saturated carbocycles. The second-order valence-electron chi connectivity index (χ2n) is 6.50. The van der Waals surface area contributed by atoms with Crippen LogP contribution < -0.4 is 4.74 Å². The normalized spacial score (nSPS) is 15.3. The third kappa shape index (κ3) is 4.53. The average Bonchev–Trinajstić information content (AvgIpc) is 2.89. The Balaban J connectivity index is 1.91. The standard InChI is InChI=1S/C20H16ClF4NO3/c21-15-6-5-12-7-9-26(19(28)20(23,24)25)10-8-13(12)18(15)29-17(11-27)14-3-1-2-4-16(14)22/h1-6,11,17H,7-10H2. The highest BCUT2D eigenvalue weighted by atomic mass is 35.5. The molecule has 29 heavy (non-hydrogen) atoms. The Morgan fingerprint density at radius 3 is 2.48 bits per heavy atom. The van der Waals surface area contributed by atoms with Gasteiger partial charge in [0, 0.05) is 24.2 Å². The second-order valence-corrected chi connectivity index (χ2v) is 6.91. The van der Waals surface area contributed by atoms with Crippen LogP contribution in [0.3, 0.4) is 0 Å². The van der Waals surface area contributed by atoms with Crippen LogP contribution in [0.1, 0.15) is 22.8 Å². The number of carbonyl (C=O) groups is 2. The third-order valence-electron chi connectivity index (χ3n) is 4.70. The Bertz CT molecular complexity index is 932. The van der Waals surface area contributed by atoms with Gasteiger partial charge in [-0.3, -0.25) is 9.59 Å². The van der Waals surface area contributed by atoms with Crippen LogP contribution in [0.5, 0.6) is 5.75 Å². The molecule has 0 radical (unpaired) electrons. The lowest BCUT2D eigenvalue weighted by Crippen LogP contribution is -2.42. The number of aldehydes is 1. The number of benzene rings is 2. The van der Waals surface area contributed by atoms with Crippen LogP contribution in [-0.4, -0.2) is 36.4 Å². The lowest BCUT2D eigenvalue weighted by atomic mass is 10.0. The number of carbonyl (C=O) groups excluding carboxylic acids is 2. The monoisotopic (exact) mass is 429 g/mol. The molecule has 0 N–H and O–H groups in total. The van der Waals surface area contributed by atoms with Crippen molar-refractivity contribution >= 4 is 23.8 Å². The van der Waals surface area contributed by atoms with Crippen molar-refractivity contribution in [3.8, 4) is 5.75 Å². The van der Waals surface area contributed by atoms with Crippen molar-refractivity contribution in [3.63, 3.8) is 0 Å². The molecule has 1 amide bonds. The van der Waals surface area contributed by atoms with Crippen molar-refractivity contribution in [2.24, 2.45) is 0 Å². The number of amides is 1. The maximum absolute atomic E-state index is 14.1. The van der Waals surface area contributed by atoms with Gasteiger partial charge >= 0.3 is 12.1 Å². The van der Waals surface area contributed by atoms with Gasteiger partial charge in [-0.25, -0.2) is 4.39 Å². The Labute approximate surface area is 169 Å². The van der Waals surface area contributed by atoms with Gasteiger partial charge in [0.25, 0.3) is 0 Å². The molecule has 1 atom stereocenters. The molecular formula is C20H16ClF4NO3. The van der Waals surface area contributed by atoms with Crippen molar-refractivity contribution in [2.45, 2.75) is 25.1 Å². The molecule has 0 saturated heterocycles. The molecule has 154 valence electrons. The van der Waals surface area contributed by atoms with Gasteiger partial charge in [0.05, 0.1) is 5.02 Å². The lowest BCUT2D eigenvalue weighted by molar-refractivity contribution is -0.185. The summed E-state index contributed by atoms with van der Waals surface area (Å²) in [5, 5.41) is 0.141. The first-order chi connectivity index (χ1) is 13.7. The van der Waals surface area contributed by atoms with Crippen LogP contribution in [0, 0.1) is 5.82 Å². The van der Waals surface area contributed by atoms with Crippen LogP contribution >= 0.6 is 11.6 Å². The summed E-state index contributed by atoms with van der Waals surface area (Å²) in [7, 11) is 0. The highest BCUT2D eigenvalue weighted by Gasteiger charge is 2.42. The van der Waals surface area contributed by atoms with Crippen molar-refractivity contribution in [2.75, 3.05) is 13.1 Å². The largest absolute Gasteiger partial charge is 0.476 e. The summed E-state index contributed by atoms with van der Waals surface area (Å²) in [6.45, 7) is -0.301. The molecule has 9 heteroatoms. The van der Waals surface area contributed by atoms with Gasteiger partial charge in [-0.15, -0.1) is 0 Å². The van der Waals surface area contributed by atoms with Crippen LogP contribution in [0.2, 0.25) is 5.02 Å². The fraction of sp³-hybridized carbons (Fsp3) is 0.300. The van der Waals surface area contributed by atoms with Crippen molar-refractivity contribution in [1.82, 2.24) is 4.90 Å². The van der Waals surface area contributed by atoms with Crippen molar-refractivity contribution < 1.29 is 31.9 Å². The van der Waals surface area contributed by atoms with Gasteiger partial charge in [-0.1, -0.05) is 35.9 Å². The average molecular weight is 430 g/mol. The number of rotatable bonds is 4. The molecule has 2 aromatic rings. The highest BCUT2D eigenvalue weighted by Crippen LogP contribution is 2.37. The molecule has 3 rings (SSSR count). The zero-order valence-electron chi connectivity index (χ0n) is 15.0. The van der Waals surface area contributed by atoms with Gasteiger partial charge in [0.1, 0.15) is 11.6 Å². The minimum atomic E-state index is -4.96. The first-order valence-corrected chi connectivity index (χ1v) is 9.13. The van der Waals surface area contributed by atoms with Gasteiger partial charge < -0.3 is 9.64 Å². The van der Waals surface area contributed by atoms with E-state index in [1.165, 1.54) is 24.3 Å². The summed E-state index contributed by atoms with van der Waals surface area (Å²) in [6.07, 6.45) is -5.60. The zero-order chi connectivity index (χ0) is 21.2. The van der Waals surface area contributed by atoms with Crippen molar-refractivity contribution in [1.29, 1.82) is 0 Å². The SMILES string of the molecule is O=CC(Oc1c(Cl)ccc2c1CCN(C(=O)C(F)(F)F)CC2)c1ccccc1F. The molecule has 4 nitrogen and oxygen atoms in total. The van der Waals surface area contributed by atoms with Gasteiger partial charge in [-0.05, 0) is 30.5 Å². The van der Waals surface area contributed by atoms with Crippen LogP contribution in [-0.2, 0) is 22.4 Å². The molecule has 1 unspecified atom stereocenters. The fourth-order valence-corrected chi connectivity index (χ4v) is 3.49. The second kappa shape index (κ2) is 8.41. The zero-order valence-corrected chi connectivity index (χ0v) is 15.8. The number of fused-ring (bicyclic) bond motifs is 1. The Kier molecular flexibility index (Phi) is 6.12. The molecule has 0 spiro atoms. The number of halogens is 5. The Morgan fingerprint density at radius 1 is 1.14 bits per heavy atom. The highest BCUT2D eigenvalue weighted by molar-refractivity contribution is 6.32. The molecule has 0 aromatic heterocycles. The van der Waals surface area contributed by atoms with Crippen LogP contribution in [0.15, 0.2) is 36.4 Å². The third-order valence-corrected chi connectivity index (χ3v) is 5.00. The molecule has 0 fully saturated rings. The minimum absolute atomic E-state index is 0.0127. The van der Waals surface area contributed by atoms with E-state index in [1.807, 2.05) is 0 Å². The lowest BCUT2D eigenvalue weighted by Gasteiger charge is -2.21. The Morgan fingerprint density at radius 2 is 1.83 bits per heavy atom. The molecule has 0 aliphatic carbocycles. The van der Waals surface area contributed by atoms with E-state index in [0.29, 0.717) is 17.4 Å². The van der Waals surface area contributed by atoms with Gasteiger partial charge in [0.2, 0.25) is 0 Å². The maximum Gasteiger partial charge on any atom is 0.471 e. The topological polar surface area (TPSA) is 46.6 Å². The predicted octanol–water partition coefficient (Wildman–Crippen LogP) is 4.29. The summed E-state index contributed by atoms with van der Waals surface area (Å²) in [4.78, 5) is 23.9. The smallest absolute Gasteiger partial charge is 0.471 e. The fourth-order valence-electron chi connectivity index (χ4n) is 3.27. The summed E-state index contributed by atoms with van der Waals surface area (Å²) < 4.78 is 58.1. The van der Waals surface area contributed by atoms with Crippen LogP contribution in [0.4, 0.5) is 17.6 Å². The molecule has 1 aliphatic heterocycles. The first kappa shape index (κ1) is 21.1. The summed E-state index contributed by atoms with van der Waals surface area (Å²) >= 11 is 6.22. The minimum Gasteiger partial charge on any atom is -0.476 e. The molecule has 2 aromatic carbocycles. The van der Waals surface area contributed by atoms with E-state index in [0.717, 1.165) is 4.90 Å². The van der Waals surface area contributed by atoms with E-state index in [9.17, 15) is 27.2 Å². The van der Waals surface area contributed by atoms with Gasteiger partial charge in [-0.2, -0.15) is 13.2 Å². The van der Waals surface area contributed by atoms with E-state index in [-0.39, 0.29) is 42.3 Å². The molecular weight excluding hydrogens is 414 g/mol. The number of alkyl halides is 3. The van der Waals surface area contributed by atoms with Gasteiger partial charge in [0.15, 0.2) is 12.4 Å². The predicted molar refractivity (Wildman–Crippen MR) is 97.3 cm³/mol. The number of nitrogens with zero attached hydrogens (tertiary/aromatic N) is 1. The molecule has 0 bridgehead atoms. The van der Waals surface area contributed by atoms with Crippen molar-refractivity contribution in [3.05, 3.63) is 63.9 Å². The van der Waals surface area contributed by atoms with E-state index < -0.39 is 24.0 Å². The quantitative estimate of drug-likeness (QED) is 0.538. The first-order valence-electron chi connectivity index (χ1n) is 8.75. The Hall–Kier alpha value is -2.61. The molecule has 1 heterocycles. The number of ether oxygens (including phenoxy) is 1. The van der Waals surface area contributed by atoms with E-state index in [1.54, 1.807) is 12.1 Å². The van der Waals surface area contributed by atoms with E-state index >= 15 is 0 Å². The molecule has 1 aliphatic rings. The number of hydrogen-bond acceptors (Lipinski definition) is 3. The van der Waals surface area contributed by atoms with E-state index in [4.69, 9.17) is 16.3 Å².